The number of hydrogen-bond acceptors (Lipinski definition) is 5. The quantitative estimate of drug-likeness (QED) is 0.414. The van der Waals surface area contributed by atoms with E-state index in [1.54, 1.807) is 34.9 Å². The Balaban J connectivity index is 1.66. The first kappa shape index (κ1) is 20.2. The highest BCUT2D eigenvalue weighted by molar-refractivity contribution is 7.92. The highest BCUT2D eigenvalue weighted by Gasteiger charge is 2.29. The number of aromatic nitrogens is 3. The van der Waals surface area contributed by atoms with Gasteiger partial charge in [-0.05, 0) is 42.7 Å². The van der Waals surface area contributed by atoms with Gasteiger partial charge in [-0.3, -0.25) is 0 Å². The van der Waals surface area contributed by atoms with Crippen LogP contribution >= 0.6 is 0 Å². The summed E-state index contributed by atoms with van der Waals surface area (Å²) in [5.74, 6) is 0.173. The third-order valence-electron chi connectivity index (χ3n) is 5.56. The van der Waals surface area contributed by atoms with Crippen LogP contribution in [0.5, 0.6) is 0 Å². The molecular formula is C25H22N4O2S. The molecule has 3 aromatic carbocycles. The van der Waals surface area contributed by atoms with E-state index in [4.69, 9.17) is 10.7 Å². The number of rotatable bonds is 6. The van der Waals surface area contributed by atoms with Gasteiger partial charge in [0, 0.05) is 6.54 Å². The smallest absolute Gasteiger partial charge is 0.212 e. The molecule has 0 aliphatic rings. The molecule has 0 saturated heterocycles. The van der Waals surface area contributed by atoms with E-state index in [1.165, 1.54) is 5.56 Å². The largest absolute Gasteiger partial charge is 0.384 e. The Morgan fingerprint density at radius 3 is 2.06 bits per heavy atom. The third kappa shape index (κ3) is 3.50. The fraction of sp³-hybridized carbons (Fsp3) is 0.120. The van der Waals surface area contributed by atoms with Crippen LogP contribution in [0, 0.1) is 0 Å². The van der Waals surface area contributed by atoms with E-state index in [0.29, 0.717) is 28.7 Å². The van der Waals surface area contributed by atoms with Crippen LogP contribution in [0.3, 0.4) is 0 Å². The standard InChI is InChI=1S/C25H22N4O2S/c26-24-23(32(30,31)19-13-5-2-6-14-19)22-25(28-21-16-8-7-15-20(21)27-22)29(24)17-9-12-18-10-3-1-4-11-18/h1-8,10-11,13-16H,9,12,17,26H2. The molecule has 0 bridgehead atoms. The molecule has 6 nitrogen and oxygen atoms in total. The van der Waals surface area contributed by atoms with Crippen LogP contribution < -0.4 is 5.73 Å². The summed E-state index contributed by atoms with van der Waals surface area (Å²) in [6, 6.07) is 25.9. The normalized spacial score (nSPS) is 11.9. The van der Waals surface area contributed by atoms with Crippen molar-refractivity contribution < 1.29 is 8.42 Å². The van der Waals surface area contributed by atoms with Gasteiger partial charge in [-0.1, -0.05) is 60.7 Å². The average molecular weight is 443 g/mol. The minimum Gasteiger partial charge on any atom is -0.384 e. The first-order chi connectivity index (χ1) is 15.6. The number of benzene rings is 3. The average Bonchev–Trinajstić information content (AvgIpc) is 3.09. The van der Waals surface area contributed by atoms with Crippen molar-refractivity contribution in [2.24, 2.45) is 0 Å². The lowest BCUT2D eigenvalue weighted by molar-refractivity contribution is 0.596. The molecule has 0 fully saturated rings. The second-order valence-electron chi connectivity index (χ2n) is 7.66. The van der Waals surface area contributed by atoms with Gasteiger partial charge >= 0.3 is 0 Å². The van der Waals surface area contributed by atoms with Crippen molar-refractivity contribution in [3.8, 4) is 0 Å². The predicted octanol–water partition coefficient (Wildman–Crippen LogP) is 4.63. The minimum atomic E-state index is -3.87. The third-order valence-corrected chi connectivity index (χ3v) is 7.39. The second kappa shape index (κ2) is 8.09. The molecule has 0 aliphatic heterocycles. The SMILES string of the molecule is Nc1c(S(=O)(=O)c2ccccc2)c2nc3ccccc3nc2n1CCCc1ccccc1. The van der Waals surface area contributed by atoms with Crippen LogP contribution in [0.2, 0.25) is 0 Å². The number of nitrogens with two attached hydrogens (primary N) is 1. The lowest BCUT2D eigenvalue weighted by Crippen LogP contribution is -2.08. The van der Waals surface area contributed by atoms with Gasteiger partial charge in [-0.15, -0.1) is 0 Å². The van der Waals surface area contributed by atoms with Gasteiger partial charge in [0.15, 0.2) is 5.65 Å². The van der Waals surface area contributed by atoms with Gasteiger partial charge in [-0.25, -0.2) is 18.4 Å². The van der Waals surface area contributed by atoms with Crippen molar-refractivity contribution in [2.45, 2.75) is 29.2 Å². The summed E-state index contributed by atoms with van der Waals surface area (Å²) in [5.41, 5.74) is 9.83. The van der Waals surface area contributed by atoms with Crippen molar-refractivity contribution in [3.63, 3.8) is 0 Å². The Hall–Kier alpha value is -3.71. The van der Waals surface area contributed by atoms with E-state index in [1.807, 2.05) is 42.5 Å². The number of sulfone groups is 1. The number of hydrogen-bond donors (Lipinski definition) is 1. The lowest BCUT2D eigenvalue weighted by atomic mass is 10.1. The van der Waals surface area contributed by atoms with E-state index in [2.05, 4.69) is 17.1 Å². The number of para-hydroxylation sites is 2. The fourth-order valence-electron chi connectivity index (χ4n) is 3.98. The molecule has 0 aliphatic carbocycles. The molecule has 0 amide bonds. The van der Waals surface area contributed by atoms with Gasteiger partial charge < -0.3 is 10.3 Å². The highest BCUT2D eigenvalue weighted by atomic mass is 32.2. The monoisotopic (exact) mass is 442 g/mol. The fourth-order valence-corrected chi connectivity index (χ4v) is 5.51. The molecule has 0 saturated carbocycles. The Labute approximate surface area is 186 Å². The molecule has 0 radical (unpaired) electrons. The van der Waals surface area contributed by atoms with Crippen molar-refractivity contribution in [3.05, 3.63) is 90.5 Å². The van der Waals surface area contributed by atoms with Crippen molar-refractivity contribution in [1.29, 1.82) is 0 Å². The molecule has 5 rings (SSSR count). The molecule has 0 unspecified atom stereocenters. The molecule has 7 heteroatoms. The molecule has 32 heavy (non-hydrogen) atoms. The Bertz CT molecular complexity index is 1510. The van der Waals surface area contributed by atoms with Crippen LogP contribution in [-0.2, 0) is 22.8 Å². The zero-order chi connectivity index (χ0) is 22.1. The van der Waals surface area contributed by atoms with Crippen LogP contribution in [0.15, 0.2) is 94.7 Å². The summed E-state index contributed by atoms with van der Waals surface area (Å²) in [6.45, 7) is 0.536. The summed E-state index contributed by atoms with van der Waals surface area (Å²) < 4.78 is 28.9. The van der Waals surface area contributed by atoms with Gasteiger partial charge in [0.05, 0.1) is 15.9 Å². The van der Waals surface area contributed by atoms with E-state index in [-0.39, 0.29) is 15.6 Å². The number of aryl methyl sites for hydroxylation is 2. The second-order valence-corrected chi connectivity index (χ2v) is 9.54. The molecular weight excluding hydrogens is 420 g/mol. The maximum Gasteiger partial charge on any atom is 0.212 e. The molecule has 160 valence electrons. The topological polar surface area (TPSA) is 90.9 Å². The zero-order valence-corrected chi connectivity index (χ0v) is 18.2. The number of fused-ring (bicyclic) bond motifs is 2. The Morgan fingerprint density at radius 1 is 0.781 bits per heavy atom. The van der Waals surface area contributed by atoms with Crippen LogP contribution in [0.1, 0.15) is 12.0 Å². The Kier molecular flexibility index (Phi) is 5.11. The maximum absolute atomic E-state index is 13.6. The van der Waals surface area contributed by atoms with Gasteiger partial charge in [0.2, 0.25) is 9.84 Å². The molecule has 2 heterocycles. The van der Waals surface area contributed by atoms with Crippen LogP contribution in [0.4, 0.5) is 5.82 Å². The molecule has 2 N–H and O–H groups in total. The van der Waals surface area contributed by atoms with E-state index in [0.717, 1.165) is 12.8 Å². The summed E-state index contributed by atoms with van der Waals surface area (Å²) in [5, 5.41) is 0. The lowest BCUT2D eigenvalue weighted by Gasteiger charge is -2.08. The molecule has 0 spiro atoms. The van der Waals surface area contributed by atoms with Crippen molar-refractivity contribution in [1.82, 2.24) is 14.5 Å². The van der Waals surface area contributed by atoms with Crippen LogP contribution in [-0.4, -0.2) is 23.0 Å². The number of nitrogens with zero attached hydrogens (tertiary/aromatic N) is 3. The summed E-state index contributed by atoms with van der Waals surface area (Å²) in [7, 11) is -3.87. The van der Waals surface area contributed by atoms with Crippen molar-refractivity contribution in [2.75, 3.05) is 5.73 Å². The summed E-state index contributed by atoms with van der Waals surface area (Å²) >= 11 is 0. The number of nitrogen functional groups attached to an aromatic ring is 1. The maximum atomic E-state index is 13.6. The molecule has 5 aromatic rings. The number of anilines is 1. The van der Waals surface area contributed by atoms with E-state index >= 15 is 0 Å². The Morgan fingerprint density at radius 2 is 1.38 bits per heavy atom. The highest BCUT2D eigenvalue weighted by Crippen LogP contribution is 2.35. The predicted molar refractivity (Wildman–Crippen MR) is 126 cm³/mol. The van der Waals surface area contributed by atoms with Crippen LogP contribution in [0.25, 0.3) is 22.2 Å². The summed E-state index contributed by atoms with van der Waals surface area (Å²) in [4.78, 5) is 9.63. The molecule has 0 atom stereocenters. The van der Waals surface area contributed by atoms with Gasteiger partial charge in [0.25, 0.3) is 0 Å². The minimum absolute atomic E-state index is 0.0247. The summed E-state index contributed by atoms with van der Waals surface area (Å²) in [6.07, 6.45) is 1.64. The first-order valence-corrected chi connectivity index (χ1v) is 11.9. The van der Waals surface area contributed by atoms with E-state index in [9.17, 15) is 8.42 Å². The van der Waals surface area contributed by atoms with Gasteiger partial charge in [-0.2, -0.15) is 0 Å². The zero-order valence-electron chi connectivity index (χ0n) is 17.3. The van der Waals surface area contributed by atoms with E-state index < -0.39 is 9.84 Å². The van der Waals surface area contributed by atoms with Gasteiger partial charge in [0.1, 0.15) is 16.2 Å². The molecule has 2 aromatic heterocycles. The first-order valence-electron chi connectivity index (χ1n) is 10.4. The van der Waals surface area contributed by atoms with Crippen molar-refractivity contribution >= 4 is 37.9 Å².